The molecule has 0 aliphatic carbocycles. The molecule has 0 unspecified atom stereocenters. The number of aromatic nitrogens is 2. The number of nitrogens with zero attached hydrogens (tertiary/aromatic N) is 2. The van der Waals surface area contributed by atoms with Gasteiger partial charge in [-0.15, -0.1) is 0 Å². The second-order valence-corrected chi connectivity index (χ2v) is 6.22. The summed E-state index contributed by atoms with van der Waals surface area (Å²) in [6.45, 7) is 0. The molecule has 3 heterocycles. The van der Waals surface area contributed by atoms with E-state index in [0.29, 0.717) is 19.6 Å². The Morgan fingerprint density at radius 2 is 1.44 bits per heavy atom. The fraction of sp³-hybridized carbons (Fsp3) is 0. The first kappa shape index (κ1) is 9.80. The van der Waals surface area contributed by atoms with Crippen LogP contribution in [0.15, 0.2) is 56.5 Å². The smallest absolute Gasteiger partial charge is 0.209 e. The fourth-order valence-corrected chi connectivity index (χ4v) is 4.63. The summed E-state index contributed by atoms with van der Waals surface area (Å²) in [6.07, 6.45) is 6.10. The summed E-state index contributed by atoms with van der Waals surface area (Å²) in [4.78, 5) is 9.82. The minimum Gasteiger partial charge on any atom is -0.263 e. The highest BCUT2D eigenvalue weighted by Gasteiger charge is 2.29. The van der Waals surface area contributed by atoms with Crippen molar-refractivity contribution in [3.63, 3.8) is 0 Å². The maximum absolute atomic E-state index is 12.2. The normalized spacial score (nSPS) is 16.2. The molecule has 0 radical (unpaired) electrons. The van der Waals surface area contributed by atoms with Gasteiger partial charge in [0.2, 0.25) is 9.84 Å². The van der Waals surface area contributed by atoms with Gasteiger partial charge in [-0.25, -0.2) is 8.42 Å². The fourth-order valence-electron chi connectivity index (χ4n) is 1.57. The van der Waals surface area contributed by atoms with Gasteiger partial charge in [0, 0.05) is 34.6 Å². The molecule has 1 aliphatic heterocycles. The van der Waals surface area contributed by atoms with Crippen molar-refractivity contribution in [3.8, 4) is 0 Å². The van der Waals surface area contributed by atoms with Crippen LogP contribution in [0.5, 0.6) is 0 Å². The highest BCUT2D eigenvalue weighted by Crippen LogP contribution is 2.43. The van der Waals surface area contributed by atoms with Crippen LogP contribution in [0.25, 0.3) is 0 Å². The molecule has 4 nitrogen and oxygen atoms in total. The van der Waals surface area contributed by atoms with E-state index in [2.05, 4.69) is 9.97 Å². The molecule has 16 heavy (non-hydrogen) atoms. The summed E-state index contributed by atoms with van der Waals surface area (Å²) in [5, 5.41) is 0. The van der Waals surface area contributed by atoms with Crippen LogP contribution in [0.2, 0.25) is 0 Å². The lowest BCUT2D eigenvalue weighted by Crippen LogP contribution is -2.09. The predicted molar refractivity (Wildman–Crippen MR) is 58.0 cm³/mol. The average molecular weight is 250 g/mol. The van der Waals surface area contributed by atoms with E-state index in [1.807, 2.05) is 0 Å². The van der Waals surface area contributed by atoms with Crippen LogP contribution in [0.1, 0.15) is 0 Å². The van der Waals surface area contributed by atoms with Gasteiger partial charge >= 0.3 is 0 Å². The quantitative estimate of drug-likeness (QED) is 0.608. The van der Waals surface area contributed by atoms with Gasteiger partial charge < -0.3 is 0 Å². The molecular formula is C10H6N2O2S2. The minimum atomic E-state index is -3.40. The van der Waals surface area contributed by atoms with Gasteiger partial charge in [-0.2, -0.15) is 0 Å². The number of pyridine rings is 2. The SMILES string of the molecule is O=S1(=O)c2ccncc2Sc2cnccc21. The number of hydrogen-bond donors (Lipinski definition) is 0. The Morgan fingerprint density at radius 3 is 1.94 bits per heavy atom. The van der Waals surface area contributed by atoms with Gasteiger partial charge in [0.25, 0.3) is 0 Å². The van der Waals surface area contributed by atoms with Crippen LogP contribution in [-0.2, 0) is 9.84 Å². The zero-order valence-electron chi connectivity index (χ0n) is 7.99. The van der Waals surface area contributed by atoms with Gasteiger partial charge in [-0.1, -0.05) is 11.8 Å². The maximum Gasteiger partial charge on any atom is 0.209 e. The van der Waals surface area contributed by atoms with E-state index in [-0.39, 0.29) is 0 Å². The molecular weight excluding hydrogens is 244 g/mol. The highest BCUT2D eigenvalue weighted by atomic mass is 32.2. The molecule has 2 aromatic heterocycles. The van der Waals surface area contributed by atoms with Crippen molar-refractivity contribution < 1.29 is 8.42 Å². The third kappa shape index (κ3) is 1.27. The molecule has 6 heteroatoms. The van der Waals surface area contributed by atoms with Crippen molar-refractivity contribution in [2.24, 2.45) is 0 Å². The lowest BCUT2D eigenvalue weighted by molar-refractivity contribution is 0.590. The van der Waals surface area contributed by atoms with Crippen molar-refractivity contribution in [1.29, 1.82) is 0 Å². The number of fused-ring (bicyclic) bond motifs is 2. The van der Waals surface area contributed by atoms with Crippen molar-refractivity contribution in [2.45, 2.75) is 19.6 Å². The standard InChI is InChI=1S/C10H6N2O2S2/c13-16(14)9-1-3-11-5-7(9)15-8-6-12-4-2-10(8)16/h1-6H. The third-order valence-electron chi connectivity index (χ3n) is 2.29. The molecule has 0 bridgehead atoms. The molecule has 0 atom stereocenters. The molecule has 0 spiro atoms. The average Bonchev–Trinajstić information content (AvgIpc) is 2.29. The van der Waals surface area contributed by atoms with Gasteiger partial charge in [0.05, 0.1) is 9.79 Å². The summed E-state index contributed by atoms with van der Waals surface area (Å²) in [5.41, 5.74) is 0. The number of hydrogen-bond acceptors (Lipinski definition) is 5. The number of rotatable bonds is 0. The largest absolute Gasteiger partial charge is 0.263 e. The molecule has 3 rings (SSSR count). The van der Waals surface area contributed by atoms with Crippen molar-refractivity contribution in [1.82, 2.24) is 9.97 Å². The Balaban J connectivity index is 2.37. The Morgan fingerprint density at radius 1 is 0.938 bits per heavy atom. The van der Waals surface area contributed by atoms with Crippen LogP contribution >= 0.6 is 11.8 Å². The van der Waals surface area contributed by atoms with Crippen LogP contribution in [0.3, 0.4) is 0 Å². The monoisotopic (exact) mass is 250 g/mol. The molecule has 0 amide bonds. The van der Waals surface area contributed by atoms with Crippen LogP contribution < -0.4 is 0 Å². The Bertz CT molecular complexity index is 617. The van der Waals surface area contributed by atoms with E-state index in [1.165, 1.54) is 36.3 Å². The van der Waals surface area contributed by atoms with E-state index in [4.69, 9.17) is 0 Å². The van der Waals surface area contributed by atoms with Crippen LogP contribution in [-0.4, -0.2) is 18.4 Å². The van der Waals surface area contributed by atoms with E-state index < -0.39 is 9.84 Å². The first-order chi connectivity index (χ1) is 7.69. The lowest BCUT2D eigenvalue weighted by atomic mass is 10.5. The topological polar surface area (TPSA) is 59.9 Å². The molecule has 0 aromatic carbocycles. The Kier molecular flexibility index (Phi) is 2.02. The first-order valence-corrected chi connectivity index (χ1v) is 6.80. The summed E-state index contributed by atoms with van der Waals surface area (Å²) in [6, 6.07) is 3.06. The van der Waals surface area contributed by atoms with Gasteiger partial charge in [0.1, 0.15) is 0 Å². The van der Waals surface area contributed by atoms with E-state index >= 15 is 0 Å². The molecule has 0 saturated carbocycles. The summed E-state index contributed by atoms with van der Waals surface area (Å²) in [7, 11) is -3.40. The second-order valence-electron chi connectivity index (χ2n) is 3.25. The number of sulfone groups is 1. The molecule has 0 saturated heterocycles. The van der Waals surface area contributed by atoms with Gasteiger partial charge in [-0.05, 0) is 12.1 Å². The molecule has 0 fully saturated rings. The zero-order valence-corrected chi connectivity index (χ0v) is 9.62. The Labute approximate surface area is 96.7 Å². The van der Waals surface area contributed by atoms with Crippen molar-refractivity contribution in [3.05, 3.63) is 36.9 Å². The molecule has 1 aliphatic rings. The van der Waals surface area contributed by atoms with Crippen LogP contribution in [0.4, 0.5) is 0 Å². The summed E-state index contributed by atoms with van der Waals surface area (Å²) in [5.74, 6) is 0. The third-order valence-corrected chi connectivity index (χ3v) is 5.51. The first-order valence-electron chi connectivity index (χ1n) is 4.50. The van der Waals surface area contributed by atoms with Gasteiger partial charge in [-0.3, -0.25) is 9.97 Å². The molecule has 0 N–H and O–H groups in total. The lowest BCUT2D eigenvalue weighted by Gasteiger charge is -2.17. The predicted octanol–water partition coefficient (Wildman–Crippen LogP) is 1.77. The Hall–Kier alpha value is -1.40. The van der Waals surface area contributed by atoms with E-state index in [0.717, 1.165) is 0 Å². The van der Waals surface area contributed by atoms with E-state index in [1.54, 1.807) is 12.4 Å². The second kappa shape index (κ2) is 3.29. The minimum absolute atomic E-state index is 0.325. The zero-order chi connectivity index (χ0) is 11.2. The van der Waals surface area contributed by atoms with Crippen molar-refractivity contribution in [2.75, 3.05) is 0 Å². The van der Waals surface area contributed by atoms with E-state index in [9.17, 15) is 8.42 Å². The summed E-state index contributed by atoms with van der Waals surface area (Å²) >= 11 is 1.38. The summed E-state index contributed by atoms with van der Waals surface area (Å²) < 4.78 is 24.5. The highest BCUT2D eigenvalue weighted by molar-refractivity contribution is 8.02. The van der Waals surface area contributed by atoms with Gasteiger partial charge in [0.15, 0.2) is 0 Å². The van der Waals surface area contributed by atoms with Crippen LogP contribution in [0, 0.1) is 0 Å². The maximum atomic E-state index is 12.2. The van der Waals surface area contributed by atoms with Crippen molar-refractivity contribution >= 4 is 21.6 Å². The molecule has 2 aromatic rings. The molecule has 80 valence electrons.